The van der Waals surface area contributed by atoms with Crippen molar-refractivity contribution in [3.8, 4) is 0 Å². The molecule has 6 nitrogen and oxygen atoms in total. The summed E-state index contributed by atoms with van der Waals surface area (Å²) in [5.74, 6) is -1.04. The molecule has 2 rings (SSSR count). The highest BCUT2D eigenvalue weighted by Crippen LogP contribution is 2.30. The lowest BCUT2D eigenvalue weighted by Gasteiger charge is -2.09. The smallest absolute Gasteiger partial charge is 0.433 e. The molecular formula is C11H10F3N3O3. The monoisotopic (exact) mass is 289 g/mol. The fraction of sp³-hybridized carbons (Fsp3) is 0.364. The first-order valence-corrected chi connectivity index (χ1v) is 5.58. The van der Waals surface area contributed by atoms with Crippen LogP contribution in [0.2, 0.25) is 0 Å². The average molecular weight is 289 g/mol. The zero-order valence-corrected chi connectivity index (χ0v) is 10.5. The Balaban J connectivity index is 2.91. The molecule has 0 atom stereocenters. The minimum absolute atomic E-state index is 0.00245. The number of H-pyrrole nitrogens is 1. The number of halogens is 3. The van der Waals surface area contributed by atoms with Gasteiger partial charge in [0.2, 0.25) is 0 Å². The summed E-state index contributed by atoms with van der Waals surface area (Å²) in [5.41, 5.74) is -2.58. The van der Waals surface area contributed by atoms with Crippen LogP contribution in [0, 0.1) is 0 Å². The Kier molecular flexibility index (Phi) is 3.28. The molecule has 0 saturated carbocycles. The minimum atomic E-state index is -4.77. The first-order valence-electron chi connectivity index (χ1n) is 5.58. The van der Waals surface area contributed by atoms with Crippen molar-refractivity contribution < 1.29 is 22.7 Å². The van der Waals surface area contributed by atoms with Crippen LogP contribution in [0.15, 0.2) is 10.9 Å². The van der Waals surface area contributed by atoms with E-state index in [1.165, 1.54) is 4.68 Å². The van der Waals surface area contributed by atoms with Crippen molar-refractivity contribution in [1.82, 2.24) is 14.8 Å². The van der Waals surface area contributed by atoms with Crippen LogP contribution in [0.5, 0.6) is 0 Å². The molecule has 0 aromatic carbocycles. The number of hydrogen-bond acceptors (Lipinski definition) is 4. The van der Waals surface area contributed by atoms with Crippen molar-refractivity contribution in [2.24, 2.45) is 0 Å². The van der Waals surface area contributed by atoms with Crippen molar-refractivity contribution in [2.45, 2.75) is 19.6 Å². The summed E-state index contributed by atoms with van der Waals surface area (Å²) in [5, 5.41) is 2.09. The Hall–Kier alpha value is -2.32. The number of nitrogens with one attached hydrogen (secondary N) is 1. The molecular weight excluding hydrogens is 279 g/mol. The highest BCUT2D eigenvalue weighted by molar-refractivity contribution is 6.01. The summed E-state index contributed by atoms with van der Waals surface area (Å²) < 4.78 is 43.9. The lowest BCUT2D eigenvalue weighted by Crippen LogP contribution is -2.15. The fourth-order valence-corrected chi connectivity index (χ4v) is 1.84. The molecule has 1 N–H and O–H groups in total. The zero-order valence-electron chi connectivity index (χ0n) is 10.5. The van der Waals surface area contributed by atoms with Gasteiger partial charge in [-0.3, -0.25) is 14.6 Å². The predicted octanol–water partition coefficient (Wildman–Crippen LogP) is 1.55. The number of methoxy groups -OCH3 is 1. The maximum atomic E-state index is 12.7. The van der Waals surface area contributed by atoms with Crippen LogP contribution in [0.3, 0.4) is 0 Å². The first kappa shape index (κ1) is 14.1. The van der Waals surface area contributed by atoms with E-state index in [1.807, 2.05) is 0 Å². The number of esters is 1. The molecule has 2 aromatic rings. The largest absolute Gasteiger partial charge is 0.464 e. The maximum absolute atomic E-state index is 12.7. The van der Waals surface area contributed by atoms with Gasteiger partial charge in [-0.05, 0) is 13.0 Å². The van der Waals surface area contributed by atoms with E-state index in [2.05, 4.69) is 14.8 Å². The Morgan fingerprint density at radius 1 is 1.50 bits per heavy atom. The number of ether oxygens (including phenoxy) is 1. The highest BCUT2D eigenvalue weighted by atomic mass is 19.4. The summed E-state index contributed by atoms with van der Waals surface area (Å²) in [4.78, 5) is 26.6. The second-order valence-electron chi connectivity index (χ2n) is 3.93. The minimum Gasteiger partial charge on any atom is -0.464 e. The van der Waals surface area contributed by atoms with Crippen molar-refractivity contribution >= 4 is 16.9 Å². The van der Waals surface area contributed by atoms with Crippen molar-refractivity contribution in [1.29, 1.82) is 0 Å². The first-order chi connectivity index (χ1) is 9.29. The van der Waals surface area contributed by atoms with Crippen molar-refractivity contribution in [3.05, 3.63) is 27.8 Å². The predicted molar refractivity (Wildman–Crippen MR) is 62.4 cm³/mol. The molecule has 9 heteroatoms. The maximum Gasteiger partial charge on any atom is 0.433 e. The molecule has 0 spiro atoms. The van der Waals surface area contributed by atoms with Crippen LogP contribution >= 0.6 is 0 Å². The van der Waals surface area contributed by atoms with Gasteiger partial charge in [0.15, 0.2) is 5.69 Å². The van der Waals surface area contributed by atoms with Crippen LogP contribution in [-0.2, 0) is 17.5 Å². The Labute approximate surface area is 110 Å². The van der Waals surface area contributed by atoms with E-state index < -0.39 is 29.1 Å². The standard InChI is InChI=1S/C11H10F3N3O3/c1-3-17-8-5(9(18)16-17)4-6(11(12,13)14)15-7(8)10(19)20-2/h4H,3H2,1-2H3,(H,16,18). The summed E-state index contributed by atoms with van der Waals surface area (Å²) >= 11 is 0. The second-order valence-corrected chi connectivity index (χ2v) is 3.93. The normalized spacial score (nSPS) is 11.8. The molecule has 2 heterocycles. The van der Waals surface area contributed by atoms with Crippen LogP contribution < -0.4 is 5.56 Å². The summed E-state index contributed by atoms with van der Waals surface area (Å²) in [6.07, 6.45) is -4.77. The molecule has 0 bridgehead atoms. The topological polar surface area (TPSA) is 77.0 Å². The number of carbonyl (C=O) groups is 1. The number of hydrogen-bond donors (Lipinski definition) is 1. The number of aryl methyl sites for hydroxylation is 1. The van der Waals surface area contributed by atoms with Crippen LogP contribution in [0.25, 0.3) is 10.9 Å². The Morgan fingerprint density at radius 2 is 2.15 bits per heavy atom. The van der Waals surface area contributed by atoms with Gasteiger partial charge in [0.1, 0.15) is 11.2 Å². The van der Waals surface area contributed by atoms with Gasteiger partial charge in [-0.1, -0.05) is 0 Å². The average Bonchev–Trinajstić information content (AvgIpc) is 2.73. The van der Waals surface area contributed by atoms with Gasteiger partial charge in [-0.2, -0.15) is 13.2 Å². The number of aromatic amines is 1. The molecule has 0 saturated heterocycles. The SMILES string of the molecule is CCn1[nH]c(=O)c2cc(C(F)(F)F)nc(C(=O)OC)c21. The summed E-state index contributed by atoms with van der Waals surface area (Å²) in [7, 11) is 1.02. The second kappa shape index (κ2) is 4.66. The van der Waals surface area contributed by atoms with Gasteiger partial charge in [0, 0.05) is 6.54 Å². The van der Waals surface area contributed by atoms with E-state index in [0.29, 0.717) is 6.07 Å². The van der Waals surface area contributed by atoms with E-state index >= 15 is 0 Å². The number of nitrogens with zero attached hydrogens (tertiary/aromatic N) is 2. The van der Waals surface area contributed by atoms with E-state index in [9.17, 15) is 22.8 Å². The van der Waals surface area contributed by atoms with Crippen LogP contribution in [0.4, 0.5) is 13.2 Å². The van der Waals surface area contributed by atoms with E-state index in [1.54, 1.807) is 6.92 Å². The fourth-order valence-electron chi connectivity index (χ4n) is 1.84. The van der Waals surface area contributed by atoms with Gasteiger partial charge in [0.25, 0.3) is 5.56 Å². The Morgan fingerprint density at radius 3 is 2.65 bits per heavy atom. The van der Waals surface area contributed by atoms with Gasteiger partial charge in [-0.25, -0.2) is 9.78 Å². The molecule has 20 heavy (non-hydrogen) atoms. The number of alkyl halides is 3. The molecule has 108 valence electrons. The number of fused-ring (bicyclic) bond motifs is 1. The van der Waals surface area contributed by atoms with Crippen molar-refractivity contribution in [3.63, 3.8) is 0 Å². The van der Waals surface area contributed by atoms with Crippen molar-refractivity contribution in [2.75, 3.05) is 7.11 Å². The zero-order chi connectivity index (χ0) is 15.1. The molecule has 0 amide bonds. The molecule has 0 aliphatic heterocycles. The highest BCUT2D eigenvalue weighted by Gasteiger charge is 2.35. The van der Waals surface area contributed by atoms with E-state index in [4.69, 9.17) is 0 Å². The molecule has 0 radical (unpaired) electrons. The summed E-state index contributed by atoms with van der Waals surface area (Å²) in [6.45, 7) is 1.92. The summed E-state index contributed by atoms with van der Waals surface area (Å²) in [6, 6.07) is 0.618. The third-order valence-corrected chi connectivity index (χ3v) is 2.73. The lowest BCUT2D eigenvalue weighted by atomic mass is 10.2. The molecule has 0 aliphatic rings. The van der Waals surface area contributed by atoms with Crippen LogP contribution in [0.1, 0.15) is 23.1 Å². The number of rotatable bonds is 2. The number of carbonyl (C=O) groups excluding carboxylic acids is 1. The Bertz CT molecular complexity index is 730. The van der Waals surface area contributed by atoms with Gasteiger partial charge >= 0.3 is 12.1 Å². The van der Waals surface area contributed by atoms with Crippen LogP contribution in [-0.4, -0.2) is 27.8 Å². The van der Waals surface area contributed by atoms with E-state index in [0.717, 1.165) is 7.11 Å². The quantitative estimate of drug-likeness (QED) is 0.851. The van der Waals surface area contributed by atoms with Gasteiger partial charge < -0.3 is 4.74 Å². The third kappa shape index (κ3) is 2.15. The molecule has 0 unspecified atom stereocenters. The lowest BCUT2D eigenvalue weighted by molar-refractivity contribution is -0.141. The number of aromatic nitrogens is 3. The number of pyridine rings is 1. The molecule has 2 aromatic heterocycles. The van der Waals surface area contributed by atoms with Gasteiger partial charge in [-0.15, -0.1) is 0 Å². The van der Waals surface area contributed by atoms with Gasteiger partial charge in [0.05, 0.1) is 12.5 Å². The third-order valence-electron chi connectivity index (χ3n) is 2.73. The molecule has 0 fully saturated rings. The van der Waals surface area contributed by atoms with E-state index in [-0.39, 0.29) is 17.4 Å². The molecule has 0 aliphatic carbocycles.